The molecule has 0 radical (unpaired) electrons. The van der Waals surface area contributed by atoms with Crippen molar-refractivity contribution in [1.29, 1.82) is 0 Å². The lowest BCUT2D eigenvalue weighted by Gasteiger charge is -2.12. The Kier molecular flexibility index (Phi) is 6.82. The third-order valence-electron chi connectivity index (χ3n) is 3.83. The number of carbonyl (C=O) groups is 1. The number of hydrogen-bond acceptors (Lipinski definition) is 4. The Bertz CT molecular complexity index is 682. The van der Waals surface area contributed by atoms with E-state index >= 15 is 0 Å². The second kappa shape index (κ2) is 9.08. The zero-order chi connectivity index (χ0) is 17.4. The van der Waals surface area contributed by atoms with Crippen LogP contribution in [0.2, 0.25) is 0 Å². The summed E-state index contributed by atoms with van der Waals surface area (Å²) in [5.74, 6) is 1.46. The van der Waals surface area contributed by atoms with Gasteiger partial charge >= 0.3 is 5.97 Å². The Labute approximate surface area is 143 Å². The highest BCUT2D eigenvalue weighted by Crippen LogP contribution is 2.27. The van der Waals surface area contributed by atoms with Gasteiger partial charge in [0.25, 0.3) is 0 Å². The Balaban J connectivity index is 2.06. The van der Waals surface area contributed by atoms with Crippen molar-refractivity contribution in [3.63, 3.8) is 0 Å². The number of ether oxygens (including phenoxy) is 2. The topological polar surface area (TPSA) is 61.5 Å². The highest BCUT2D eigenvalue weighted by molar-refractivity contribution is 5.69. The largest absolute Gasteiger partial charge is 0.466 e. The number of esters is 1. The van der Waals surface area contributed by atoms with Gasteiger partial charge in [-0.1, -0.05) is 24.3 Å². The van der Waals surface area contributed by atoms with Crippen LogP contribution in [0.1, 0.15) is 30.0 Å². The van der Waals surface area contributed by atoms with Crippen LogP contribution in [0.25, 0.3) is 0 Å². The van der Waals surface area contributed by atoms with Gasteiger partial charge in [-0.25, -0.2) is 0 Å². The molecule has 0 unspecified atom stereocenters. The molecule has 2 aromatic carbocycles. The molecule has 2 N–H and O–H groups in total. The summed E-state index contributed by atoms with van der Waals surface area (Å²) >= 11 is 0. The summed E-state index contributed by atoms with van der Waals surface area (Å²) in [7, 11) is 0. The van der Waals surface area contributed by atoms with Crippen molar-refractivity contribution < 1.29 is 14.3 Å². The number of rotatable bonds is 8. The first-order valence-electron chi connectivity index (χ1n) is 8.35. The molecule has 0 bridgehead atoms. The first-order chi connectivity index (χ1) is 11.6. The second-order valence-corrected chi connectivity index (χ2v) is 5.64. The Hall–Kier alpha value is -2.33. The van der Waals surface area contributed by atoms with E-state index in [9.17, 15) is 4.79 Å². The number of aryl methyl sites for hydroxylation is 2. The molecular formula is C20H25NO3. The summed E-state index contributed by atoms with van der Waals surface area (Å²) in [5, 5.41) is 0. The van der Waals surface area contributed by atoms with Crippen LogP contribution in [0, 0.1) is 6.92 Å². The van der Waals surface area contributed by atoms with Crippen LogP contribution in [0.15, 0.2) is 42.5 Å². The van der Waals surface area contributed by atoms with Crippen LogP contribution in [0.3, 0.4) is 0 Å². The lowest BCUT2D eigenvalue weighted by molar-refractivity contribution is -0.143. The molecule has 4 heteroatoms. The van der Waals surface area contributed by atoms with E-state index in [-0.39, 0.29) is 5.97 Å². The number of para-hydroxylation sites is 1. The van der Waals surface area contributed by atoms with Crippen molar-refractivity contribution in [3.05, 3.63) is 59.2 Å². The standard InChI is InChI=1S/C20H25NO3/c1-3-23-20(22)11-9-16-8-10-18(14-15(16)2)24-19-7-5-4-6-17(19)12-13-21/h4-8,10,14H,3,9,11-13,21H2,1-2H3. The fourth-order valence-corrected chi connectivity index (χ4v) is 2.57. The van der Waals surface area contributed by atoms with Crippen molar-refractivity contribution >= 4 is 5.97 Å². The zero-order valence-corrected chi connectivity index (χ0v) is 14.4. The Morgan fingerprint density at radius 1 is 1.08 bits per heavy atom. The summed E-state index contributed by atoms with van der Waals surface area (Å²) in [6, 6.07) is 13.9. The lowest BCUT2D eigenvalue weighted by Crippen LogP contribution is -2.06. The SMILES string of the molecule is CCOC(=O)CCc1ccc(Oc2ccccc2CCN)cc1C. The molecule has 0 heterocycles. The molecule has 0 atom stereocenters. The number of carbonyl (C=O) groups excluding carboxylic acids is 1. The quantitative estimate of drug-likeness (QED) is 0.750. The molecule has 0 saturated carbocycles. The predicted octanol–water partition coefficient (Wildman–Crippen LogP) is 3.78. The van der Waals surface area contributed by atoms with Gasteiger partial charge in [-0.3, -0.25) is 4.79 Å². The normalized spacial score (nSPS) is 10.5. The van der Waals surface area contributed by atoms with Gasteiger partial charge in [0, 0.05) is 6.42 Å². The highest BCUT2D eigenvalue weighted by Gasteiger charge is 2.08. The van der Waals surface area contributed by atoms with Crippen molar-refractivity contribution in [3.8, 4) is 11.5 Å². The Morgan fingerprint density at radius 3 is 2.58 bits per heavy atom. The van der Waals surface area contributed by atoms with Gasteiger partial charge in [-0.2, -0.15) is 0 Å². The van der Waals surface area contributed by atoms with E-state index in [1.165, 1.54) is 0 Å². The summed E-state index contributed by atoms with van der Waals surface area (Å²) in [5.41, 5.74) is 8.99. The molecule has 2 rings (SSSR count). The van der Waals surface area contributed by atoms with Crippen molar-refractivity contribution in [2.24, 2.45) is 5.73 Å². The van der Waals surface area contributed by atoms with Crippen LogP contribution < -0.4 is 10.5 Å². The van der Waals surface area contributed by atoms with E-state index in [1.54, 1.807) is 0 Å². The van der Waals surface area contributed by atoms with Gasteiger partial charge in [0.2, 0.25) is 0 Å². The molecular weight excluding hydrogens is 302 g/mol. The summed E-state index contributed by atoms with van der Waals surface area (Å²) in [6.45, 7) is 4.86. The highest BCUT2D eigenvalue weighted by atomic mass is 16.5. The van der Waals surface area contributed by atoms with E-state index < -0.39 is 0 Å². The van der Waals surface area contributed by atoms with Crippen LogP contribution in [0.4, 0.5) is 0 Å². The third-order valence-corrected chi connectivity index (χ3v) is 3.83. The van der Waals surface area contributed by atoms with Gasteiger partial charge in [0.15, 0.2) is 0 Å². The van der Waals surface area contributed by atoms with Gasteiger partial charge < -0.3 is 15.2 Å². The van der Waals surface area contributed by atoms with E-state index in [1.807, 2.05) is 56.3 Å². The van der Waals surface area contributed by atoms with Gasteiger partial charge in [0.05, 0.1) is 6.61 Å². The molecule has 0 saturated heterocycles. The molecule has 0 amide bonds. The van der Waals surface area contributed by atoms with Crippen molar-refractivity contribution in [2.45, 2.75) is 33.1 Å². The van der Waals surface area contributed by atoms with E-state index in [2.05, 4.69) is 0 Å². The lowest BCUT2D eigenvalue weighted by atomic mass is 10.0. The van der Waals surface area contributed by atoms with E-state index in [4.69, 9.17) is 15.2 Å². The minimum atomic E-state index is -0.159. The molecule has 0 aromatic heterocycles. The molecule has 0 aliphatic carbocycles. The average molecular weight is 327 g/mol. The maximum atomic E-state index is 11.5. The van der Waals surface area contributed by atoms with Gasteiger partial charge in [-0.15, -0.1) is 0 Å². The van der Waals surface area contributed by atoms with Gasteiger partial charge in [-0.05, 0) is 68.1 Å². The van der Waals surface area contributed by atoms with Crippen molar-refractivity contribution in [1.82, 2.24) is 0 Å². The number of benzene rings is 2. The molecule has 0 fully saturated rings. The minimum absolute atomic E-state index is 0.159. The smallest absolute Gasteiger partial charge is 0.306 e. The molecule has 24 heavy (non-hydrogen) atoms. The molecule has 2 aromatic rings. The first-order valence-corrected chi connectivity index (χ1v) is 8.35. The van der Waals surface area contributed by atoms with Crippen LogP contribution in [-0.2, 0) is 22.4 Å². The first kappa shape index (κ1) is 18.0. The third kappa shape index (κ3) is 5.10. The maximum absolute atomic E-state index is 11.5. The second-order valence-electron chi connectivity index (χ2n) is 5.64. The molecule has 4 nitrogen and oxygen atoms in total. The summed E-state index contributed by atoms with van der Waals surface area (Å²) < 4.78 is 11.0. The summed E-state index contributed by atoms with van der Waals surface area (Å²) in [6.07, 6.45) is 1.86. The number of nitrogens with two attached hydrogens (primary N) is 1. The number of hydrogen-bond donors (Lipinski definition) is 1. The molecule has 128 valence electrons. The maximum Gasteiger partial charge on any atom is 0.306 e. The zero-order valence-electron chi connectivity index (χ0n) is 14.4. The average Bonchev–Trinajstić information content (AvgIpc) is 2.56. The van der Waals surface area contributed by atoms with Crippen LogP contribution in [-0.4, -0.2) is 19.1 Å². The Morgan fingerprint density at radius 2 is 1.88 bits per heavy atom. The van der Waals surface area contributed by atoms with Crippen LogP contribution in [0.5, 0.6) is 11.5 Å². The van der Waals surface area contributed by atoms with E-state index in [0.717, 1.165) is 34.6 Å². The predicted molar refractivity (Wildman–Crippen MR) is 95.4 cm³/mol. The molecule has 0 aliphatic heterocycles. The minimum Gasteiger partial charge on any atom is -0.466 e. The molecule has 0 aliphatic rings. The van der Waals surface area contributed by atoms with Crippen molar-refractivity contribution in [2.75, 3.05) is 13.2 Å². The van der Waals surface area contributed by atoms with E-state index in [0.29, 0.717) is 26.0 Å². The fourth-order valence-electron chi connectivity index (χ4n) is 2.57. The summed E-state index contributed by atoms with van der Waals surface area (Å²) in [4.78, 5) is 11.5. The monoisotopic (exact) mass is 327 g/mol. The fraction of sp³-hybridized carbons (Fsp3) is 0.350. The van der Waals surface area contributed by atoms with Gasteiger partial charge in [0.1, 0.15) is 11.5 Å². The molecule has 0 spiro atoms. The van der Waals surface area contributed by atoms with Crippen LogP contribution >= 0.6 is 0 Å².